The Balaban J connectivity index is 4.81. The summed E-state index contributed by atoms with van der Waals surface area (Å²) in [5, 5.41) is 17.6. The Bertz CT molecular complexity index is 754. The smallest absolute Gasteiger partial charge is 0.407 e. The Morgan fingerprint density at radius 2 is 1.41 bits per heavy atom. The molecular weight excluding hydrogens is 482 g/mol. The quantitative estimate of drug-likeness (QED) is 0.239. The van der Waals surface area contributed by atoms with Crippen molar-refractivity contribution in [2.24, 2.45) is 5.73 Å². The van der Waals surface area contributed by atoms with Crippen molar-refractivity contribution in [3.63, 3.8) is 0 Å². The average molecular weight is 532 g/mol. The zero-order valence-electron chi connectivity index (χ0n) is 24.0. The van der Waals surface area contributed by atoms with Gasteiger partial charge in [0.25, 0.3) is 0 Å². The van der Waals surface area contributed by atoms with Crippen LogP contribution in [-0.4, -0.2) is 82.7 Å². The first-order valence-corrected chi connectivity index (χ1v) is 12.7. The fourth-order valence-corrected chi connectivity index (χ4v) is 3.21. The summed E-state index contributed by atoms with van der Waals surface area (Å²) >= 11 is 0. The lowest BCUT2D eigenvalue weighted by atomic mass is 10.0. The highest BCUT2D eigenvalue weighted by Gasteiger charge is 2.27. The van der Waals surface area contributed by atoms with Gasteiger partial charge in [0.1, 0.15) is 11.2 Å². The Labute approximate surface area is 221 Å². The van der Waals surface area contributed by atoms with E-state index in [0.717, 1.165) is 0 Å². The van der Waals surface area contributed by atoms with Crippen LogP contribution in [0.4, 0.5) is 14.4 Å². The fraction of sp³-hybridized carbons (Fsp3) is 0.840. The summed E-state index contributed by atoms with van der Waals surface area (Å²) in [6.45, 7) is 16.6. The number of carboxylic acid groups (broad SMARTS) is 1. The van der Waals surface area contributed by atoms with Crippen LogP contribution >= 0.6 is 0 Å². The van der Waals surface area contributed by atoms with Gasteiger partial charge < -0.3 is 41.2 Å². The van der Waals surface area contributed by atoms with Gasteiger partial charge in [0, 0.05) is 43.7 Å². The summed E-state index contributed by atoms with van der Waals surface area (Å²) in [7, 11) is 0. The summed E-state index contributed by atoms with van der Waals surface area (Å²) in [4.78, 5) is 49.3. The maximum Gasteiger partial charge on any atom is 0.407 e. The number of nitrogens with one attached hydrogen (secondary N) is 3. The van der Waals surface area contributed by atoms with E-state index in [9.17, 15) is 24.3 Å². The molecule has 0 saturated carbocycles. The third-order valence-electron chi connectivity index (χ3n) is 4.88. The maximum absolute atomic E-state index is 12.5. The largest absolute Gasteiger partial charge is 0.465 e. The highest BCUT2D eigenvalue weighted by Crippen LogP contribution is 2.15. The first-order valence-electron chi connectivity index (χ1n) is 12.7. The summed E-state index contributed by atoms with van der Waals surface area (Å²) in [5.74, 6) is -0.312. The zero-order valence-corrected chi connectivity index (χ0v) is 24.0. The molecule has 4 amide bonds. The van der Waals surface area contributed by atoms with Crippen molar-refractivity contribution in [1.82, 2.24) is 20.9 Å². The van der Waals surface area contributed by atoms with Crippen molar-refractivity contribution in [2.45, 2.75) is 117 Å². The van der Waals surface area contributed by atoms with Gasteiger partial charge in [-0.05, 0) is 81.6 Å². The lowest BCUT2D eigenvalue weighted by Gasteiger charge is -2.33. The minimum absolute atomic E-state index is 0.0109. The molecule has 0 aliphatic rings. The van der Waals surface area contributed by atoms with E-state index in [1.807, 2.05) is 0 Å². The maximum atomic E-state index is 12.5. The summed E-state index contributed by atoms with van der Waals surface area (Å²) < 4.78 is 10.5. The monoisotopic (exact) mass is 531 g/mol. The van der Waals surface area contributed by atoms with E-state index in [4.69, 9.17) is 15.2 Å². The molecule has 0 aromatic heterocycles. The lowest BCUT2D eigenvalue weighted by Crippen LogP contribution is -2.48. The molecule has 0 aliphatic heterocycles. The van der Waals surface area contributed by atoms with Gasteiger partial charge >= 0.3 is 18.3 Å². The second-order valence-electron chi connectivity index (χ2n) is 12.1. The first kappa shape index (κ1) is 34.2. The number of hydrogen-bond donors (Lipinski definition) is 5. The van der Waals surface area contributed by atoms with Crippen LogP contribution in [0.15, 0.2) is 0 Å². The predicted molar refractivity (Wildman–Crippen MR) is 141 cm³/mol. The summed E-state index contributed by atoms with van der Waals surface area (Å²) in [6.07, 6.45) is -0.864. The normalized spacial score (nSPS) is 13.7. The first-order chi connectivity index (χ1) is 16.7. The van der Waals surface area contributed by atoms with Crippen molar-refractivity contribution < 1.29 is 33.8 Å². The van der Waals surface area contributed by atoms with Crippen LogP contribution in [0.1, 0.15) is 88.0 Å². The van der Waals surface area contributed by atoms with E-state index in [1.165, 1.54) is 4.90 Å². The van der Waals surface area contributed by atoms with Gasteiger partial charge in [-0.2, -0.15) is 0 Å². The molecule has 12 heteroatoms. The average Bonchev–Trinajstić information content (AvgIpc) is 2.65. The summed E-state index contributed by atoms with van der Waals surface area (Å²) in [5.41, 5.74) is 4.21. The summed E-state index contributed by atoms with van der Waals surface area (Å²) in [6, 6.07) is -0.974. The molecule has 216 valence electrons. The molecule has 12 nitrogen and oxygen atoms in total. The molecule has 0 aromatic carbocycles. The lowest BCUT2D eigenvalue weighted by molar-refractivity contribution is -0.121. The molecule has 2 atom stereocenters. The van der Waals surface area contributed by atoms with E-state index >= 15 is 0 Å². The van der Waals surface area contributed by atoms with E-state index in [-0.39, 0.29) is 25.4 Å². The molecule has 0 aliphatic carbocycles. The minimum Gasteiger partial charge on any atom is -0.465 e. The third kappa shape index (κ3) is 18.2. The Hall–Kier alpha value is -2.76. The van der Waals surface area contributed by atoms with Gasteiger partial charge in [-0.25, -0.2) is 14.4 Å². The topological polar surface area (TPSA) is 172 Å². The molecule has 0 radical (unpaired) electrons. The highest BCUT2D eigenvalue weighted by atomic mass is 16.6. The van der Waals surface area contributed by atoms with Crippen LogP contribution in [0, 0.1) is 0 Å². The van der Waals surface area contributed by atoms with Gasteiger partial charge in [0.2, 0.25) is 5.91 Å². The molecule has 0 bridgehead atoms. The molecule has 6 N–H and O–H groups in total. The number of ether oxygens (including phenoxy) is 2. The molecular formula is C25H49N5O7. The predicted octanol–water partition coefficient (Wildman–Crippen LogP) is 3.19. The number of alkyl carbamates (subject to hydrolysis) is 2. The molecule has 0 spiro atoms. The Kier molecular flexibility index (Phi) is 13.7. The van der Waals surface area contributed by atoms with Gasteiger partial charge in [0.05, 0.1) is 0 Å². The van der Waals surface area contributed by atoms with Crippen molar-refractivity contribution in [2.75, 3.05) is 19.6 Å². The van der Waals surface area contributed by atoms with E-state index in [2.05, 4.69) is 16.0 Å². The molecule has 0 rings (SSSR count). The SMILES string of the molecule is CC(C)(C)OC(=O)NCCC[C@H](CNC(=O)CC(N)CCN(C(=O)O)C(C)(C)C)NC(=O)OC(C)(C)C. The van der Waals surface area contributed by atoms with Crippen molar-refractivity contribution in [1.29, 1.82) is 0 Å². The minimum atomic E-state index is -1.04. The zero-order chi connectivity index (χ0) is 29.0. The van der Waals surface area contributed by atoms with Gasteiger partial charge in [-0.1, -0.05) is 0 Å². The van der Waals surface area contributed by atoms with Gasteiger partial charge in [0.15, 0.2) is 0 Å². The van der Waals surface area contributed by atoms with Crippen LogP contribution in [0.25, 0.3) is 0 Å². The van der Waals surface area contributed by atoms with E-state index in [0.29, 0.717) is 25.8 Å². The third-order valence-corrected chi connectivity index (χ3v) is 4.88. The van der Waals surface area contributed by atoms with Crippen LogP contribution in [-0.2, 0) is 14.3 Å². The van der Waals surface area contributed by atoms with Crippen LogP contribution in [0.2, 0.25) is 0 Å². The standard InChI is InChI=1S/C25H49N5O7/c1-23(2,3)30(22(34)35)14-12-17(26)15-19(31)28-16-18(29-21(33)37-25(7,8)9)11-10-13-27-20(32)36-24(4,5)6/h17-18H,10-16,26H2,1-9H3,(H,27,32)(H,28,31)(H,29,33)(H,34,35)/t17?,18-/m1/s1. The Morgan fingerprint density at radius 3 is 1.89 bits per heavy atom. The van der Waals surface area contributed by atoms with Crippen molar-refractivity contribution in [3.05, 3.63) is 0 Å². The number of carbonyl (C=O) groups is 4. The second-order valence-corrected chi connectivity index (χ2v) is 12.1. The van der Waals surface area contributed by atoms with Crippen LogP contribution in [0.3, 0.4) is 0 Å². The molecule has 0 saturated heterocycles. The van der Waals surface area contributed by atoms with Crippen LogP contribution in [0.5, 0.6) is 0 Å². The Morgan fingerprint density at radius 1 is 0.865 bits per heavy atom. The number of nitrogens with zero attached hydrogens (tertiary/aromatic N) is 1. The number of rotatable bonds is 12. The van der Waals surface area contributed by atoms with E-state index in [1.54, 1.807) is 62.3 Å². The number of hydrogen-bond acceptors (Lipinski definition) is 7. The second kappa shape index (κ2) is 14.8. The van der Waals surface area contributed by atoms with E-state index < -0.39 is 47.1 Å². The van der Waals surface area contributed by atoms with Crippen molar-refractivity contribution >= 4 is 24.2 Å². The molecule has 1 unspecified atom stereocenters. The molecule has 37 heavy (non-hydrogen) atoms. The van der Waals surface area contributed by atoms with Crippen molar-refractivity contribution in [3.8, 4) is 0 Å². The molecule has 0 heterocycles. The number of nitrogens with two attached hydrogens (primary N) is 1. The molecule has 0 fully saturated rings. The van der Waals surface area contributed by atoms with Gasteiger partial charge in [-0.3, -0.25) is 4.79 Å². The fourth-order valence-electron chi connectivity index (χ4n) is 3.21. The van der Waals surface area contributed by atoms with Crippen LogP contribution < -0.4 is 21.7 Å². The molecule has 0 aromatic rings. The number of amides is 4. The number of carbonyl (C=O) groups excluding carboxylic acids is 3. The van der Waals surface area contributed by atoms with Gasteiger partial charge in [-0.15, -0.1) is 0 Å². The highest BCUT2D eigenvalue weighted by molar-refractivity contribution is 5.76.